The van der Waals surface area contributed by atoms with Crippen molar-refractivity contribution in [2.24, 2.45) is 5.92 Å². The Kier molecular flexibility index (Phi) is 6.40. The quantitative estimate of drug-likeness (QED) is 0.238. The summed E-state index contributed by atoms with van der Waals surface area (Å²) in [6, 6.07) is 54.9. The summed E-state index contributed by atoms with van der Waals surface area (Å²) in [5.41, 5.74) is 11.9. The molecule has 0 heterocycles. The summed E-state index contributed by atoms with van der Waals surface area (Å²) in [5.74, 6) is 0.476. The van der Waals surface area contributed by atoms with Crippen molar-refractivity contribution in [2.75, 3.05) is 0 Å². The van der Waals surface area contributed by atoms with E-state index in [1.54, 1.807) is 0 Å². The van der Waals surface area contributed by atoms with Crippen LogP contribution >= 0.6 is 0 Å². The molecule has 0 heteroatoms. The lowest BCUT2D eigenvalue weighted by Gasteiger charge is -2.39. The van der Waals surface area contributed by atoms with Crippen molar-refractivity contribution in [3.05, 3.63) is 179 Å². The average Bonchev–Trinajstić information content (AvgIpc) is 2.98. The van der Waals surface area contributed by atoms with Crippen molar-refractivity contribution >= 4 is 22.3 Å². The normalized spacial score (nSPS) is 17.6. The van der Waals surface area contributed by atoms with E-state index in [9.17, 15) is 0 Å². The van der Waals surface area contributed by atoms with Gasteiger partial charge in [-0.05, 0) is 56.0 Å². The number of hydrogen-bond acceptors (Lipinski definition) is 0. The first kappa shape index (κ1) is 23.0. The molecule has 0 saturated carbocycles. The second kappa shape index (κ2) is 10.3. The van der Waals surface area contributed by atoms with E-state index in [4.69, 9.17) is 0 Å². The van der Waals surface area contributed by atoms with Gasteiger partial charge in [-0.25, -0.2) is 0 Å². The van der Waals surface area contributed by atoms with E-state index in [2.05, 4.69) is 159 Å². The highest BCUT2D eigenvalue weighted by Gasteiger charge is 2.37. The molecule has 0 unspecified atom stereocenters. The van der Waals surface area contributed by atoms with Gasteiger partial charge in [0, 0.05) is 5.92 Å². The fourth-order valence-corrected chi connectivity index (χ4v) is 5.96. The van der Waals surface area contributed by atoms with Crippen molar-refractivity contribution in [3.8, 4) is 0 Å². The molecule has 0 radical (unpaired) electrons. The van der Waals surface area contributed by atoms with Crippen LogP contribution < -0.4 is 0 Å². The van der Waals surface area contributed by atoms with Crippen LogP contribution in [0.5, 0.6) is 0 Å². The number of hydrogen-bond donors (Lipinski definition) is 0. The zero-order valence-electron chi connectivity index (χ0n) is 21.1. The minimum Gasteiger partial charge on any atom is -0.0622 e. The minimum atomic E-state index is 0.210. The van der Waals surface area contributed by atoms with Crippen LogP contribution in [0.15, 0.2) is 152 Å². The summed E-state index contributed by atoms with van der Waals surface area (Å²) < 4.78 is 0. The van der Waals surface area contributed by atoms with Crippen LogP contribution in [-0.4, -0.2) is 0 Å². The molecule has 0 fully saturated rings. The molecule has 6 rings (SSSR count). The maximum atomic E-state index is 2.41. The van der Waals surface area contributed by atoms with E-state index in [0.29, 0.717) is 0 Å². The Hall–Kier alpha value is -4.42. The summed E-state index contributed by atoms with van der Waals surface area (Å²) in [6.07, 6.45) is 0. The highest BCUT2D eigenvalue weighted by atomic mass is 14.4. The third kappa shape index (κ3) is 4.36. The van der Waals surface area contributed by atoms with Crippen molar-refractivity contribution in [1.82, 2.24) is 0 Å². The van der Waals surface area contributed by atoms with Crippen LogP contribution in [0.25, 0.3) is 22.3 Å². The van der Waals surface area contributed by atoms with Crippen LogP contribution in [-0.2, 0) is 0 Å². The maximum Gasteiger partial charge on any atom is 0.0168 e. The summed E-state index contributed by atoms with van der Waals surface area (Å²) in [4.78, 5) is 0. The van der Waals surface area contributed by atoms with Gasteiger partial charge in [-0.1, -0.05) is 159 Å². The van der Waals surface area contributed by atoms with E-state index < -0.39 is 0 Å². The van der Waals surface area contributed by atoms with Crippen LogP contribution in [0.1, 0.15) is 40.7 Å². The summed E-state index contributed by atoms with van der Waals surface area (Å²) in [6.45, 7) is 2.41. The minimum absolute atomic E-state index is 0.210. The largest absolute Gasteiger partial charge is 0.0622 e. The van der Waals surface area contributed by atoms with Crippen molar-refractivity contribution in [1.29, 1.82) is 0 Å². The lowest BCUT2D eigenvalue weighted by atomic mass is 9.64. The molecule has 37 heavy (non-hydrogen) atoms. The third-order valence-corrected chi connectivity index (χ3v) is 7.51. The molecule has 2 atom stereocenters. The lowest BCUT2D eigenvalue weighted by Crippen LogP contribution is -2.21. The molecule has 0 N–H and O–H groups in total. The Morgan fingerprint density at radius 2 is 0.676 bits per heavy atom. The molecular formula is C37H30. The predicted molar refractivity (Wildman–Crippen MR) is 158 cm³/mol. The highest BCUT2D eigenvalue weighted by Crippen LogP contribution is 2.56. The molecule has 1 aliphatic carbocycles. The topological polar surface area (TPSA) is 0 Å². The molecule has 5 aromatic carbocycles. The predicted octanol–water partition coefficient (Wildman–Crippen LogP) is 9.64. The Balaban J connectivity index is 1.79. The molecule has 0 amide bonds. The van der Waals surface area contributed by atoms with Crippen LogP contribution in [0.4, 0.5) is 0 Å². The molecular weight excluding hydrogens is 444 g/mol. The Bertz CT molecular complexity index is 1530. The van der Waals surface area contributed by atoms with Gasteiger partial charge in [0.2, 0.25) is 0 Å². The van der Waals surface area contributed by atoms with Gasteiger partial charge < -0.3 is 0 Å². The molecule has 0 nitrogen and oxygen atoms in total. The summed E-state index contributed by atoms with van der Waals surface area (Å²) in [7, 11) is 0. The van der Waals surface area contributed by atoms with Gasteiger partial charge in [-0.2, -0.15) is 0 Å². The van der Waals surface area contributed by atoms with Gasteiger partial charge in [0.25, 0.3) is 0 Å². The van der Waals surface area contributed by atoms with Gasteiger partial charge in [0.1, 0.15) is 0 Å². The zero-order valence-corrected chi connectivity index (χ0v) is 21.1. The average molecular weight is 475 g/mol. The Morgan fingerprint density at radius 3 is 1.11 bits per heavy atom. The van der Waals surface area contributed by atoms with Crippen molar-refractivity contribution in [2.45, 2.75) is 12.8 Å². The van der Waals surface area contributed by atoms with E-state index in [1.165, 1.54) is 50.1 Å². The van der Waals surface area contributed by atoms with Gasteiger partial charge in [-0.3, -0.25) is 0 Å². The van der Waals surface area contributed by atoms with Crippen LogP contribution in [0.2, 0.25) is 0 Å². The van der Waals surface area contributed by atoms with E-state index in [1.807, 2.05) is 0 Å². The number of benzene rings is 5. The smallest absolute Gasteiger partial charge is 0.0168 e. The Morgan fingerprint density at radius 1 is 0.351 bits per heavy atom. The number of allylic oxidation sites excluding steroid dienone is 4. The molecule has 178 valence electrons. The molecule has 0 saturated heterocycles. The van der Waals surface area contributed by atoms with E-state index >= 15 is 0 Å². The monoisotopic (exact) mass is 474 g/mol. The van der Waals surface area contributed by atoms with Gasteiger partial charge >= 0.3 is 0 Å². The van der Waals surface area contributed by atoms with Gasteiger partial charge in [0.15, 0.2) is 0 Å². The first-order valence-corrected chi connectivity index (χ1v) is 13.1. The van der Waals surface area contributed by atoms with Gasteiger partial charge in [-0.15, -0.1) is 0 Å². The molecule has 1 aliphatic rings. The van der Waals surface area contributed by atoms with Crippen molar-refractivity contribution in [3.63, 3.8) is 0 Å². The van der Waals surface area contributed by atoms with Crippen LogP contribution in [0.3, 0.4) is 0 Å². The van der Waals surface area contributed by atoms with E-state index in [0.717, 1.165) is 0 Å². The molecule has 0 bridgehead atoms. The SMILES string of the molecule is C[C@H]1C(c2ccccc2)=C(c2ccccc2)C(c2ccccc2)=C(c2ccccc2)[C@@H]1c1ccccc1. The highest BCUT2D eigenvalue weighted by molar-refractivity contribution is 6.24. The molecule has 0 aromatic heterocycles. The number of rotatable bonds is 5. The second-order valence-corrected chi connectivity index (χ2v) is 9.72. The summed E-state index contributed by atoms with van der Waals surface area (Å²) >= 11 is 0. The Labute approximate surface area is 220 Å². The third-order valence-electron chi connectivity index (χ3n) is 7.51. The first-order chi connectivity index (χ1) is 18.3. The van der Waals surface area contributed by atoms with Gasteiger partial charge in [0.05, 0.1) is 0 Å². The maximum absolute atomic E-state index is 2.41. The van der Waals surface area contributed by atoms with Crippen molar-refractivity contribution < 1.29 is 0 Å². The fraction of sp³-hybridized carbons (Fsp3) is 0.0811. The first-order valence-electron chi connectivity index (χ1n) is 13.1. The second-order valence-electron chi connectivity index (χ2n) is 9.72. The summed E-state index contributed by atoms with van der Waals surface area (Å²) in [5, 5.41) is 0. The lowest BCUT2D eigenvalue weighted by molar-refractivity contribution is 0.671. The van der Waals surface area contributed by atoms with E-state index in [-0.39, 0.29) is 11.8 Å². The molecule has 0 aliphatic heterocycles. The standard InChI is InChI=1S/C37H30/c1-27-33(28-17-7-2-8-18-28)35(30-21-11-4-12-22-30)37(32-25-15-6-16-26-32)36(31-23-13-5-14-24-31)34(27)29-19-9-3-10-20-29/h2-27,33H,1H3/t27-,33+/m1/s1. The molecule has 0 spiro atoms. The van der Waals surface area contributed by atoms with Crippen LogP contribution in [0, 0.1) is 5.92 Å². The molecule has 5 aromatic rings. The zero-order chi connectivity index (χ0) is 25.0. The fourth-order valence-electron chi connectivity index (χ4n) is 5.96.